The summed E-state index contributed by atoms with van der Waals surface area (Å²) in [6.07, 6.45) is 6.53. The molecule has 0 unspecified atom stereocenters. The van der Waals surface area contributed by atoms with Crippen molar-refractivity contribution in [1.29, 1.82) is 0 Å². The zero-order valence-corrected chi connectivity index (χ0v) is 15.0. The van der Waals surface area contributed by atoms with Gasteiger partial charge in [0.05, 0.1) is 6.54 Å². The Labute approximate surface area is 143 Å². The minimum absolute atomic E-state index is 0.0631. The molecule has 0 aliphatic heterocycles. The van der Waals surface area contributed by atoms with Crippen LogP contribution in [0.15, 0.2) is 10.6 Å². The maximum absolute atomic E-state index is 12.5. The van der Waals surface area contributed by atoms with Crippen molar-refractivity contribution in [3.63, 3.8) is 0 Å². The van der Waals surface area contributed by atoms with Gasteiger partial charge in [0.1, 0.15) is 5.76 Å². The van der Waals surface area contributed by atoms with E-state index in [0.29, 0.717) is 36.4 Å². The first kappa shape index (κ1) is 18.5. The fourth-order valence-electron chi connectivity index (χ4n) is 3.26. The molecule has 0 atom stereocenters. The van der Waals surface area contributed by atoms with E-state index in [4.69, 9.17) is 4.52 Å². The van der Waals surface area contributed by atoms with Crippen LogP contribution >= 0.6 is 0 Å². The maximum Gasteiger partial charge on any atom is 0.245 e. The van der Waals surface area contributed by atoms with Gasteiger partial charge in [-0.05, 0) is 25.2 Å². The highest BCUT2D eigenvalue weighted by atomic mass is 16.5. The van der Waals surface area contributed by atoms with Crippen molar-refractivity contribution in [2.24, 2.45) is 11.8 Å². The third-order valence-corrected chi connectivity index (χ3v) is 4.41. The van der Waals surface area contributed by atoms with Crippen LogP contribution in [0.5, 0.6) is 0 Å². The Morgan fingerprint density at radius 1 is 1.38 bits per heavy atom. The Bertz CT molecular complexity index is 547. The molecule has 1 saturated carbocycles. The molecule has 0 spiro atoms. The Morgan fingerprint density at radius 2 is 2.08 bits per heavy atom. The van der Waals surface area contributed by atoms with Crippen molar-refractivity contribution in [2.45, 2.75) is 59.3 Å². The average molecular weight is 335 g/mol. The van der Waals surface area contributed by atoms with E-state index in [0.717, 1.165) is 6.42 Å². The Hall–Kier alpha value is -1.85. The first-order chi connectivity index (χ1) is 11.4. The van der Waals surface area contributed by atoms with Crippen LogP contribution in [0.25, 0.3) is 0 Å². The molecule has 24 heavy (non-hydrogen) atoms. The van der Waals surface area contributed by atoms with Crippen LogP contribution in [0, 0.1) is 18.8 Å². The molecule has 1 fully saturated rings. The molecule has 1 heterocycles. The number of nitrogens with one attached hydrogen (secondary N) is 1. The summed E-state index contributed by atoms with van der Waals surface area (Å²) < 4.78 is 4.93. The zero-order valence-electron chi connectivity index (χ0n) is 15.0. The largest absolute Gasteiger partial charge is 0.360 e. The SMILES string of the molecule is Cc1cc(NC(=O)CN(CC(C)C)C(=O)CCC2CCCC2)no1. The summed E-state index contributed by atoms with van der Waals surface area (Å²) in [7, 11) is 0. The fraction of sp³-hybridized carbons (Fsp3) is 0.722. The summed E-state index contributed by atoms with van der Waals surface area (Å²) in [6.45, 7) is 6.52. The van der Waals surface area contributed by atoms with Gasteiger partial charge in [0.25, 0.3) is 0 Å². The normalized spacial score (nSPS) is 15.0. The van der Waals surface area contributed by atoms with Crippen molar-refractivity contribution in [1.82, 2.24) is 10.1 Å². The number of carbonyl (C=O) groups is 2. The molecular formula is C18H29N3O3. The molecule has 134 valence electrons. The molecule has 1 aromatic heterocycles. The third kappa shape index (κ3) is 5.98. The van der Waals surface area contributed by atoms with Gasteiger partial charge < -0.3 is 14.7 Å². The Morgan fingerprint density at radius 3 is 2.67 bits per heavy atom. The highest BCUT2D eigenvalue weighted by Gasteiger charge is 2.21. The lowest BCUT2D eigenvalue weighted by atomic mass is 10.0. The fourth-order valence-corrected chi connectivity index (χ4v) is 3.26. The van der Waals surface area contributed by atoms with Crippen LogP contribution in [0.3, 0.4) is 0 Å². The van der Waals surface area contributed by atoms with E-state index >= 15 is 0 Å². The quantitative estimate of drug-likeness (QED) is 0.790. The van der Waals surface area contributed by atoms with Gasteiger partial charge in [-0.1, -0.05) is 44.7 Å². The van der Waals surface area contributed by atoms with E-state index in [1.54, 1.807) is 17.9 Å². The Balaban J connectivity index is 1.85. The summed E-state index contributed by atoms with van der Waals surface area (Å²) in [5.41, 5.74) is 0. The predicted molar refractivity (Wildman–Crippen MR) is 92.5 cm³/mol. The van der Waals surface area contributed by atoms with Crippen molar-refractivity contribution in [3.8, 4) is 0 Å². The number of nitrogens with zero attached hydrogens (tertiary/aromatic N) is 2. The van der Waals surface area contributed by atoms with Crippen LogP contribution in [-0.4, -0.2) is 35.0 Å². The van der Waals surface area contributed by atoms with Crippen molar-refractivity contribution in [3.05, 3.63) is 11.8 Å². The minimum Gasteiger partial charge on any atom is -0.360 e. The van der Waals surface area contributed by atoms with E-state index in [2.05, 4.69) is 24.3 Å². The van der Waals surface area contributed by atoms with Crippen LogP contribution in [0.1, 0.15) is 58.1 Å². The molecule has 6 heteroatoms. The monoisotopic (exact) mass is 335 g/mol. The number of amides is 2. The van der Waals surface area contributed by atoms with Gasteiger partial charge in [0.2, 0.25) is 11.8 Å². The first-order valence-electron chi connectivity index (χ1n) is 8.95. The van der Waals surface area contributed by atoms with Gasteiger partial charge in [0.15, 0.2) is 5.82 Å². The second-order valence-electron chi connectivity index (χ2n) is 7.23. The molecule has 1 aliphatic rings. The lowest BCUT2D eigenvalue weighted by Crippen LogP contribution is -2.40. The topological polar surface area (TPSA) is 75.4 Å². The van der Waals surface area contributed by atoms with Crippen LogP contribution in [0.2, 0.25) is 0 Å². The smallest absolute Gasteiger partial charge is 0.245 e. The highest BCUT2D eigenvalue weighted by molar-refractivity contribution is 5.93. The number of anilines is 1. The highest BCUT2D eigenvalue weighted by Crippen LogP contribution is 2.28. The summed E-state index contributed by atoms with van der Waals surface area (Å²) in [5.74, 6) is 1.86. The second kappa shape index (κ2) is 8.85. The molecule has 1 aromatic rings. The number of aromatic nitrogens is 1. The van der Waals surface area contributed by atoms with Gasteiger partial charge in [-0.15, -0.1) is 0 Å². The average Bonchev–Trinajstić information content (AvgIpc) is 3.15. The summed E-state index contributed by atoms with van der Waals surface area (Å²) in [6, 6.07) is 1.66. The van der Waals surface area contributed by atoms with Gasteiger partial charge in [0, 0.05) is 19.0 Å². The van der Waals surface area contributed by atoms with Gasteiger partial charge in [-0.3, -0.25) is 9.59 Å². The van der Waals surface area contributed by atoms with Crippen LogP contribution in [-0.2, 0) is 9.59 Å². The predicted octanol–water partition coefficient (Wildman–Crippen LogP) is 3.38. The van der Waals surface area contributed by atoms with E-state index in [9.17, 15) is 9.59 Å². The lowest BCUT2D eigenvalue weighted by Gasteiger charge is -2.24. The van der Waals surface area contributed by atoms with E-state index < -0.39 is 0 Å². The molecule has 0 radical (unpaired) electrons. The van der Waals surface area contributed by atoms with E-state index in [1.807, 2.05) is 0 Å². The second-order valence-corrected chi connectivity index (χ2v) is 7.23. The Kier molecular flexibility index (Phi) is 6.82. The zero-order chi connectivity index (χ0) is 17.5. The summed E-state index contributed by atoms with van der Waals surface area (Å²) >= 11 is 0. The molecular weight excluding hydrogens is 306 g/mol. The van der Waals surface area contributed by atoms with Gasteiger partial charge in [-0.25, -0.2) is 0 Å². The third-order valence-electron chi connectivity index (χ3n) is 4.41. The number of aryl methyl sites for hydroxylation is 1. The van der Waals surface area contributed by atoms with Gasteiger partial charge in [-0.2, -0.15) is 0 Å². The maximum atomic E-state index is 12.5. The molecule has 2 amide bonds. The number of hydrogen-bond acceptors (Lipinski definition) is 4. The molecule has 1 aliphatic carbocycles. The molecule has 6 nitrogen and oxygen atoms in total. The van der Waals surface area contributed by atoms with E-state index in [1.165, 1.54) is 25.7 Å². The standard InChI is InChI=1S/C18H29N3O3/c1-13(2)11-21(18(23)9-8-15-6-4-5-7-15)12-17(22)19-16-10-14(3)24-20-16/h10,13,15H,4-9,11-12H2,1-3H3,(H,19,20,22). The molecule has 0 saturated heterocycles. The van der Waals surface area contributed by atoms with Gasteiger partial charge >= 0.3 is 0 Å². The molecule has 1 N–H and O–H groups in total. The molecule has 0 aromatic carbocycles. The van der Waals surface area contributed by atoms with Crippen molar-refractivity contribution in [2.75, 3.05) is 18.4 Å². The summed E-state index contributed by atoms with van der Waals surface area (Å²) in [5, 5.41) is 6.43. The lowest BCUT2D eigenvalue weighted by molar-refractivity contribution is -0.135. The molecule has 2 rings (SSSR count). The van der Waals surface area contributed by atoms with Crippen molar-refractivity contribution < 1.29 is 14.1 Å². The van der Waals surface area contributed by atoms with Crippen LogP contribution in [0.4, 0.5) is 5.82 Å². The number of carbonyl (C=O) groups excluding carboxylic acids is 2. The number of rotatable bonds is 8. The molecule has 0 bridgehead atoms. The first-order valence-corrected chi connectivity index (χ1v) is 8.95. The van der Waals surface area contributed by atoms with Crippen LogP contribution < -0.4 is 5.32 Å². The van der Waals surface area contributed by atoms with Crippen molar-refractivity contribution >= 4 is 17.6 Å². The van der Waals surface area contributed by atoms with E-state index in [-0.39, 0.29) is 18.4 Å². The minimum atomic E-state index is -0.238. The number of hydrogen-bond donors (Lipinski definition) is 1. The summed E-state index contributed by atoms with van der Waals surface area (Å²) in [4.78, 5) is 26.4.